The molecule has 1 fully saturated rings. The molecule has 1 aliphatic heterocycles. The minimum Gasteiger partial charge on any atom is -0.354 e. The van der Waals surface area contributed by atoms with E-state index in [-0.39, 0.29) is 5.91 Å². The summed E-state index contributed by atoms with van der Waals surface area (Å²) in [5, 5.41) is 0. The molecule has 1 aromatic carbocycles. The zero-order chi connectivity index (χ0) is 16.9. The average Bonchev–Trinajstić information content (AvgIpc) is 3.00. The molecule has 3 rings (SSSR count). The lowest BCUT2D eigenvalue weighted by Gasteiger charge is -2.35. The van der Waals surface area contributed by atoms with Crippen LogP contribution in [0.15, 0.2) is 42.6 Å². The summed E-state index contributed by atoms with van der Waals surface area (Å²) >= 11 is 0. The minimum atomic E-state index is 0.284. The third kappa shape index (κ3) is 4.06. The highest BCUT2D eigenvalue weighted by Gasteiger charge is 2.21. The summed E-state index contributed by atoms with van der Waals surface area (Å²) in [7, 11) is 2.03. The van der Waals surface area contributed by atoms with Gasteiger partial charge >= 0.3 is 0 Å². The van der Waals surface area contributed by atoms with Crippen LogP contribution in [-0.2, 0) is 24.8 Å². The monoisotopic (exact) mass is 325 g/mol. The summed E-state index contributed by atoms with van der Waals surface area (Å²) in [5.74, 6) is 0.284. The molecule has 1 saturated heterocycles. The number of benzene rings is 1. The first-order valence-corrected chi connectivity index (χ1v) is 8.78. The van der Waals surface area contributed by atoms with Crippen LogP contribution < -0.4 is 0 Å². The van der Waals surface area contributed by atoms with E-state index in [1.807, 2.05) is 24.2 Å². The maximum absolute atomic E-state index is 12.4. The van der Waals surface area contributed by atoms with Crippen molar-refractivity contribution in [2.24, 2.45) is 7.05 Å². The van der Waals surface area contributed by atoms with Gasteiger partial charge < -0.3 is 9.47 Å². The highest BCUT2D eigenvalue weighted by Crippen LogP contribution is 2.13. The summed E-state index contributed by atoms with van der Waals surface area (Å²) < 4.78 is 2.09. The number of aryl methyl sites for hydroxylation is 3. The largest absolute Gasteiger partial charge is 0.354 e. The number of amides is 1. The zero-order valence-electron chi connectivity index (χ0n) is 14.7. The number of hydrogen-bond donors (Lipinski definition) is 0. The Hall–Kier alpha value is -2.07. The Balaban J connectivity index is 1.45. The van der Waals surface area contributed by atoms with E-state index in [0.29, 0.717) is 6.42 Å². The Bertz CT molecular complexity index is 684. The van der Waals surface area contributed by atoms with E-state index in [2.05, 4.69) is 46.7 Å². The number of carbonyl (C=O) groups is 1. The fourth-order valence-corrected chi connectivity index (χ4v) is 3.33. The zero-order valence-corrected chi connectivity index (χ0v) is 14.7. The third-order valence-electron chi connectivity index (χ3n) is 5.03. The molecule has 1 aromatic heterocycles. The van der Waals surface area contributed by atoms with E-state index >= 15 is 0 Å². The van der Waals surface area contributed by atoms with Gasteiger partial charge in [0.15, 0.2) is 0 Å². The smallest absolute Gasteiger partial charge is 0.223 e. The molecule has 4 heteroatoms. The van der Waals surface area contributed by atoms with Crippen molar-refractivity contribution in [3.8, 4) is 0 Å². The predicted molar refractivity (Wildman–Crippen MR) is 96.8 cm³/mol. The molecule has 0 radical (unpaired) electrons. The second kappa shape index (κ2) is 7.67. The first-order chi connectivity index (χ1) is 11.6. The second-order valence-corrected chi connectivity index (χ2v) is 6.69. The van der Waals surface area contributed by atoms with Crippen molar-refractivity contribution in [3.63, 3.8) is 0 Å². The van der Waals surface area contributed by atoms with Crippen LogP contribution in [0.3, 0.4) is 0 Å². The van der Waals surface area contributed by atoms with Gasteiger partial charge in [-0.05, 0) is 36.6 Å². The lowest BCUT2D eigenvalue weighted by atomic mass is 10.1. The number of rotatable bonds is 5. The molecule has 128 valence electrons. The van der Waals surface area contributed by atoms with Gasteiger partial charge in [-0.15, -0.1) is 0 Å². The summed E-state index contributed by atoms with van der Waals surface area (Å²) in [6.07, 6.45) is 3.46. The predicted octanol–water partition coefficient (Wildman–Crippen LogP) is 2.61. The topological polar surface area (TPSA) is 28.5 Å². The maximum Gasteiger partial charge on any atom is 0.223 e. The summed E-state index contributed by atoms with van der Waals surface area (Å²) in [5.41, 5.74) is 3.96. The summed E-state index contributed by atoms with van der Waals surface area (Å²) in [4.78, 5) is 16.9. The number of nitrogens with zero attached hydrogens (tertiary/aromatic N) is 3. The van der Waals surface area contributed by atoms with Crippen molar-refractivity contribution < 1.29 is 4.79 Å². The van der Waals surface area contributed by atoms with Gasteiger partial charge in [0.25, 0.3) is 0 Å². The Kier molecular flexibility index (Phi) is 5.36. The molecule has 2 heterocycles. The molecule has 24 heavy (non-hydrogen) atoms. The maximum atomic E-state index is 12.4. The van der Waals surface area contributed by atoms with E-state index in [1.54, 1.807) is 0 Å². The van der Waals surface area contributed by atoms with Crippen molar-refractivity contribution in [2.45, 2.75) is 26.3 Å². The Morgan fingerprint density at radius 1 is 1.04 bits per heavy atom. The number of hydrogen-bond acceptors (Lipinski definition) is 2. The molecule has 2 aromatic rings. The Morgan fingerprint density at radius 2 is 1.79 bits per heavy atom. The third-order valence-corrected chi connectivity index (χ3v) is 5.03. The van der Waals surface area contributed by atoms with Gasteiger partial charge in [-0.1, -0.05) is 24.3 Å². The minimum absolute atomic E-state index is 0.284. The van der Waals surface area contributed by atoms with Crippen molar-refractivity contribution in [3.05, 3.63) is 59.4 Å². The molecule has 1 aliphatic rings. The highest BCUT2D eigenvalue weighted by atomic mass is 16.2. The number of piperazine rings is 1. The van der Waals surface area contributed by atoms with Gasteiger partial charge in [0.2, 0.25) is 5.91 Å². The van der Waals surface area contributed by atoms with Crippen LogP contribution >= 0.6 is 0 Å². The normalized spacial score (nSPS) is 15.7. The summed E-state index contributed by atoms with van der Waals surface area (Å²) in [6.45, 7) is 6.76. The van der Waals surface area contributed by atoms with Gasteiger partial charge in [0.05, 0.1) is 0 Å². The van der Waals surface area contributed by atoms with E-state index in [0.717, 1.165) is 39.1 Å². The van der Waals surface area contributed by atoms with Crippen LogP contribution in [0.5, 0.6) is 0 Å². The van der Waals surface area contributed by atoms with Gasteiger partial charge in [0, 0.05) is 58.1 Å². The van der Waals surface area contributed by atoms with Gasteiger partial charge in [-0.3, -0.25) is 9.69 Å². The van der Waals surface area contributed by atoms with Gasteiger partial charge in [0.1, 0.15) is 0 Å². The average molecular weight is 325 g/mol. The number of carbonyl (C=O) groups excluding carboxylic acids is 1. The van der Waals surface area contributed by atoms with Crippen molar-refractivity contribution >= 4 is 5.91 Å². The van der Waals surface area contributed by atoms with Gasteiger partial charge in [-0.2, -0.15) is 0 Å². The molecule has 0 bridgehead atoms. The van der Waals surface area contributed by atoms with Crippen LogP contribution in [0.2, 0.25) is 0 Å². The molecule has 0 atom stereocenters. The van der Waals surface area contributed by atoms with Crippen LogP contribution in [0.25, 0.3) is 0 Å². The lowest BCUT2D eigenvalue weighted by Crippen LogP contribution is -2.48. The molecule has 1 amide bonds. The molecule has 0 spiro atoms. The second-order valence-electron chi connectivity index (χ2n) is 6.69. The van der Waals surface area contributed by atoms with Crippen LogP contribution in [0, 0.1) is 6.92 Å². The molecule has 0 unspecified atom stereocenters. The molecule has 0 saturated carbocycles. The molecule has 4 nitrogen and oxygen atoms in total. The van der Waals surface area contributed by atoms with Crippen molar-refractivity contribution in [1.29, 1.82) is 0 Å². The fraction of sp³-hybridized carbons (Fsp3) is 0.450. The standard InChI is InChI=1S/C20H27N3O/c1-17-6-3-4-7-18(17)16-22-12-14-23(15-13-22)20(24)10-9-19-8-5-11-21(19)2/h3-8,11H,9-10,12-16H2,1-2H3. The highest BCUT2D eigenvalue weighted by molar-refractivity contribution is 5.76. The van der Waals surface area contributed by atoms with Gasteiger partial charge in [-0.25, -0.2) is 0 Å². The molecular weight excluding hydrogens is 298 g/mol. The first-order valence-electron chi connectivity index (χ1n) is 8.78. The fourth-order valence-electron chi connectivity index (χ4n) is 3.33. The first kappa shape index (κ1) is 16.8. The van der Waals surface area contributed by atoms with Crippen molar-refractivity contribution in [1.82, 2.24) is 14.4 Å². The molecular formula is C20H27N3O. The summed E-state index contributed by atoms with van der Waals surface area (Å²) in [6, 6.07) is 12.7. The SMILES string of the molecule is Cc1ccccc1CN1CCN(C(=O)CCc2cccn2C)CC1. The molecule has 0 aliphatic carbocycles. The van der Waals surface area contributed by atoms with Crippen LogP contribution in [-0.4, -0.2) is 46.5 Å². The number of aromatic nitrogens is 1. The Morgan fingerprint density at radius 3 is 2.46 bits per heavy atom. The van der Waals surface area contributed by atoms with Crippen molar-refractivity contribution in [2.75, 3.05) is 26.2 Å². The van der Waals surface area contributed by atoms with E-state index in [1.165, 1.54) is 16.8 Å². The van der Waals surface area contributed by atoms with E-state index in [4.69, 9.17) is 0 Å². The van der Waals surface area contributed by atoms with Crippen LogP contribution in [0.1, 0.15) is 23.2 Å². The van der Waals surface area contributed by atoms with E-state index in [9.17, 15) is 4.79 Å². The van der Waals surface area contributed by atoms with Crippen LogP contribution in [0.4, 0.5) is 0 Å². The molecule has 0 N–H and O–H groups in total. The van der Waals surface area contributed by atoms with E-state index < -0.39 is 0 Å². The lowest BCUT2D eigenvalue weighted by molar-refractivity contribution is -0.133. The Labute approximate surface area is 144 Å². The quantitative estimate of drug-likeness (QED) is 0.845.